The number of carbonyl (C=O) groups is 1. The summed E-state index contributed by atoms with van der Waals surface area (Å²) in [5.74, 6) is -0.587. The van der Waals surface area contributed by atoms with Crippen molar-refractivity contribution >= 4 is 5.97 Å². The molecule has 0 bridgehead atoms. The molecule has 0 saturated carbocycles. The maximum Gasteiger partial charge on any atom is 0.339 e. The Hall–Kier alpha value is -3.07. The molecule has 1 aromatic carbocycles. The van der Waals surface area contributed by atoms with Crippen LogP contribution in [0.15, 0.2) is 30.3 Å². The number of nitriles is 1. The minimum Gasteiger partial charge on any atom is -0.497 e. The standard InChI is InChI=1S/C15H12N2O4/c1-9-3-4-10(8-16)14(17-9)21-13-6-5-11(20-2)7-12(13)15(18)19/h3-7H,1-2H3,(H,18,19). The van der Waals surface area contributed by atoms with Crippen molar-refractivity contribution in [2.24, 2.45) is 0 Å². The van der Waals surface area contributed by atoms with Gasteiger partial charge in [0, 0.05) is 5.69 Å². The lowest BCUT2D eigenvalue weighted by atomic mass is 10.2. The topological polar surface area (TPSA) is 92.4 Å². The number of hydrogen-bond donors (Lipinski definition) is 1. The van der Waals surface area contributed by atoms with Crippen LogP contribution in [0.2, 0.25) is 0 Å². The summed E-state index contributed by atoms with van der Waals surface area (Å²) in [5, 5.41) is 18.3. The molecule has 0 aliphatic heterocycles. The monoisotopic (exact) mass is 284 g/mol. The Morgan fingerprint density at radius 3 is 2.71 bits per heavy atom. The van der Waals surface area contributed by atoms with E-state index < -0.39 is 5.97 Å². The lowest BCUT2D eigenvalue weighted by molar-refractivity contribution is 0.0693. The first-order valence-electron chi connectivity index (χ1n) is 6.02. The van der Waals surface area contributed by atoms with Crippen molar-refractivity contribution in [3.63, 3.8) is 0 Å². The minimum absolute atomic E-state index is 0.0680. The summed E-state index contributed by atoms with van der Waals surface area (Å²) in [4.78, 5) is 15.4. The van der Waals surface area contributed by atoms with Crippen LogP contribution in [0.25, 0.3) is 0 Å². The van der Waals surface area contributed by atoms with E-state index in [0.717, 1.165) is 0 Å². The highest BCUT2D eigenvalue weighted by Crippen LogP contribution is 2.29. The molecule has 21 heavy (non-hydrogen) atoms. The van der Waals surface area contributed by atoms with Crippen LogP contribution in [0.5, 0.6) is 17.4 Å². The zero-order chi connectivity index (χ0) is 15.4. The molecule has 2 aromatic rings. The number of benzene rings is 1. The number of aryl methyl sites for hydroxylation is 1. The van der Waals surface area contributed by atoms with Crippen LogP contribution < -0.4 is 9.47 Å². The normalized spacial score (nSPS) is 9.76. The third-order valence-electron chi connectivity index (χ3n) is 2.74. The molecule has 0 spiro atoms. The molecule has 1 heterocycles. The first-order valence-corrected chi connectivity index (χ1v) is 6.02. The number of hydrogen-bond acceptors (Lipinski definition) is 5. The number of aromatic nitrogens is 1. The molecular formula is C15H12N2O4. The highest BCUT2D eigenvalue weighted by molar-refractivity contribution is 5.91. The van der Waals surface area contributed by atoms with Crippen LogP contribution in [-0.2, 0) is 0 Å². The number of nitrogens with zero attached hydrogens (tertiary/aromatic N) is 2. The van der Waals surface area contributed by atoms with E-state index in [2.05, 4.69) is 4.98 Å². The Bertz CT molecular complexity index is 735. The van der Waals surface area contributed by atoms with Crippen molar-refractivity contribution in [2.45, 2.75) is 6.92 Å². The second-order valence-electron chi connectivity index (χ2n) is 4.19. The third kappa shape index (κ3) is 3.09. The second kappa shape index (κ2) is 5.92. The summed E-state index contributed by atoms with van der Waals surface area (Å²) >= 11 is 0. The van der Waals surface area contributed by atoms with Gasteiger partial charge >= 0.3 is 5.97 Å². The van der Waals surface area contributed by atoms with Gasteiger partial charge in [-0.05, 0) is 37.3 Å². The number of aromatic carboxylic acids is 1. The van der Waals surface area contributed by atoms with E-state index in [1.54, 1.807) is 25.1 Å². The van der Waals surface area contributed by atoms with Gasteiger partial charge in [-0.1, -0.05) is 0 Å². The molecule has 1 aromatic heterocycles. The quantitative estimate of drug-likeness (QED) is 0.928. The fourth-order valence-electron chi connectivity index (χ4n) is 1.69. The van der Waals surface area contributed by atoms with E-state index in [1.807, 2.05) is 6.07 Å². The maximum atomic E-state index is 11.3. The SMILES string of the molecule is COc1ccc(Oc2nc(C)ccc2C#N)c(C(=O)O)c1. The van der Waals surface area contributed by atoms with Crippen LogP contribution in [0.4, 0.5) is 0 Å². The van der Waals surface area contributed by atoms with Crippen molar-refractivity contribution in [2.75, 3.05) is 7.11 Å². The number of carboxylic acid groups (broad SMARTS) is 1. The van der Waals surface area contributed by atoms with Gasteiger partial charge in [0.05, 0.1) is 7.11 Å². The van der Waals surface area contributed by atoms with Crippen molar-refractivity contribution < 1.29 is 19.4 Å². The predicted molar refractivity (Wildman–Crippen MR) is 73.7 cm³/mol. The molecule has 0 fully saturated rings. The zero-order valence-corrected chi connectivity index (χ0v) is 11.5. The fourth-order valence-corrected chi connectivity index (χ4v) is 1.69. The Kier molecular flexibility index (Phi) is 4.05. The molecule has 0 aliphatic carbocycles. The van der Waals surface area contributed by atoms with Crippen LogP contribution in [0.3, 0.4) is 0 Å². The average molecular weight is 284 g/mol. The zero-order valence-electron chi connectivity index (χ0n) is 11.5. The van der Waals surface area contributed by atoms with E-state index in [1.165, 1.54) is 19.2 Å². The van der Waals surface area contributed by atoms with Gasteiger partial charge in [-0.25, -0.2) is 9.78 Å². The molecular weight excluding hydrogens is 272 g/mol. The summed E-state index contributed by atoms with van der Waals surface area (Å²) in [5.41, 5.74) is 0.823. The van der Waals surface area contributed by atoms with Gasteiger partial charge in [0.15, 0.2) is 0 Å². The van der Waals surface area contributed by atoms with Crippen molar-refractivity contribution in [3.05, 3.63) is 47.2 Å². The molecule has 0 radical (unpaired) electrons. The van der Waals surface area contributed by atoms with E-state index in [-0.39, 0.29) is 22.8 Å². The third-order valence-corrected chi connectivity index (χ3v) is 2.74. The highest BCUT2D eigenvalue weighted by atomic mass is 16.5. The summed E-state index contributed by atoms with van der Waals surface area (Å²) < 4.78 is 10.5. The molecule has 0 aliphatic rings. The first kappa shape index (κ1) is 14.3. The van der Waals surface area contributed by atoms with E-state index >= 15 is 0 Å². The summed E-state index contributed by atoms with van der Waals surface area (Å²) in [6, 6.07) is 9.59. The van der Waals surface area contributed by atoms with Gasteiger partial charge < -0.3 is 14.6 Å². The molecule has 0 atom stereocenters. The summed E-state index contributed by atoms with van der Waals surface area (Å²) in [7, 11) is 1.44. The number of rotatable bonds is 4. The lowest BCUT2D eigenvalue weighted by Crippen LogP contribution is -2.02. The average Bonchev–Trinajstić information content (AvgIpc) is 2.47. The Balaban J connectivity index is 2.47. The van der Waals surface area contributed by atoms with Crippen molar-refractivity contribution in [1.82, 2.24) is 4.98 Å². The molecule has 2 rings (SSSR count). The number of ether oxygens (including phenoxy) is 2. The van der Waals surface area contributed by atoms with Crippen LogP contribution in [-0.4, -0.2) is 23.2 Å². The second-order valence-corrected chi connectivity index (χ2v) is 4.19. The Morgan fingerprint density at radius 1 is 1.33 bits per heavy atom. The highest BCUT2D eigenvalue weighted by Gasteiger charge is 2.16. The molecule has 6 nitrogen and oxygen atoms in total. The van der Waals surface area contributed by atoms with Gasteiger partial charge in [0.1, 0.15) is 28.7 Å². The van der Waals surface area contributed by atoms with Crippen LogP contribution in [0, 0.1) is 18.3 Å². The van der Waals surface area contributed by atoms with E-state index in [9.17, 15) is 9.90 Å². The minimum atomic E-state index is -1.16. The van der Waals surface area contributed by atoms with Gasteiger partial charge in [-0.15, -0.1) is 0 Å². The Morgan fingerprint density at radius 2 is 2.10 bits per heavy atom. The van der Waals surface area contributed by atoms with Crippen LogP contribution in [0.1, 0.15) is 21.6 Å². The van der Waals surface area contributed by atoms with Crippen molar-refractivity contribution in [3.8, 4) is 23.4 Å². The summed E-state index contributed by atoms with van der Waals surface area (Å²) in [6.07, 6.45) is 0. The molecule has 0 saturated heterocycles. The largest absolute Gasteiger partial charge is 0.497 e. The number of methoxy groups -OCH3 is 1. The van der Waals surface area contributed by atoms with Gasteiger partial charge in [-0.2, -0.15) is 5.26 Å². The molecule has 0 unspecified atom stereocenters. The molecule has 1 N–H and O–H groups in total. The van der Waals surface area contributed by atoms with Gasteiger partial charge in [-0.3, -0.25) is 0 Å². The van der Waals surface area contributed by atoms with Gasteiger partial charge in [0.25, 0.3) is 0 Å². The molecule has 6 heteroatoms. The molecule has 106 valence electrons. The fraction of sp³-hybridized carbons (Fsp3) is 0.133. The number of pyridine rings is 1. The first-order chi connectivity index (χ1) is 10.0. The van der Waals surface area contributed by atoms with Crippen LogP contribution >= 0.6 is 0 Å². The van der Waals surface area contributed by atoms with Gasteiger partial charge in [0.2, 0.25) is 5.88 Å². The van der Waals surface area contributed by atoms with Crippen molar-refractivity contribution in [1.29, 1.82) is 5.26 Å². The molecule has 0 amide bonds. The maximum absolute atomic E-state index is 11.3. The number of carboxylic acids is 1. The summed E-state index contributed by atoms with van der Waals surface area (Å²) in [6.45, 7) is 1.75. The van der Waals surface area contributed by atoms with E-state index in [4.69, 9.17) is 14.7 Å². The lowest BCUT2D eigenvalue weighted by Gasteiger charge is -2.10. The van der Waals surface area contributed by atoms with E-state index in [0.29, 0.717) is 11.4 Å². The Labute approximate surface area is 121 Å². The smallest absolute Gasteiger partial charge is 0.339 e. The predicted octanol–water partition coefficient (Wildman–Crippen LogP) is 2.76.